The van der Waals surface area contributed by atoms with Gasteiger partial charge in [0.15, 0.2) is 11.5 Å². The Kier molecular flexibility index (Phi) is 2.23. The summed E-state index contributed by atoms with van der Waals surface area (Å²) >= 11 is 0. The third-order valence-corrected chi connectivity index (χ3v) is 2.95. The average molecular weight is 241 g/mol. The maximum absolute atomic E-state index is 4.55. The highest BCUT2D eigenvalue weighted by molar-refractivity contribution is 5.46. The van der Waals surface area contributed by atoms with E-state index in [0.29, 0.717) is 0 Å². The molecule has 0 aliphatic heterocycles. The molecule has 92 valence electrons. The van der Waals surface area contributed by atoms with Crippen LogP contribution < -0.4 is 0 Å². The van der Waals surface area contributed by atoms with Crippen molar-refractivity contribution < 1.29 is 0 Å². The average Bonchev–Trinajstić information content (AvgIpc) is 2.81. The fraction of sp³-hybridized carbons (Fsp3) is 0.308. The molecule has 3 rings (SSSR count). The molecule has 0 aliphatic carbocycles. The normalized spacial score (nSPS) is 11.3. The van der Waals surface area contributed by atoms with E-state index in [-0.39, 0.29) is 0 Å². The zero-order valence-corrected chi connectivity index (χ0v) is 11.0. The van der Waals surface area contributed by atoms with E-state index < -0.39 is 0 Å². The number of fused-ring (bicyclic) bond motifs is 1. The fourth-order valence-corrected chi connectivity index (χ4v) is 2.24. The van der Waals surface area contributed by atoms with Crippen LogP contribution >= 0.6 is 0 Å². The Labute approximate surface area is 105 Å². The minimum absolute atomic E-state index is 0.807. The van der Waals surface area contributed by atoms with E-state index in [4.69, 9.17) is 0 Å². The van der Waals surface area contributed by atoms with Crippen LogP contribution in [-0.2, 0) is 0 Å². The first-order valence-corrected chi connectivity index (χ1v) is 5.92. The van der Waals surface area contributed by atoms with Crippen LogP contribution in [0.5, 0.6) is 0 Å². The molecule has 5 heteroatoms. The molecule has 0 N–H and O–H groups in total. The minimum atomic E-state index is 0.807. The molecule has 0 amide bonds. The second-order valence-electron chi connectivity index (χ2n) is 4.65. The topological polar surface area (TPSA) is 48.0 Å². The Bertz CT molecular complexity index is 735. The molecule has 0 atom stereocenters. The molecule has 3 heterocycles. The number of nitrogens with zero attached hydrogens (tertiary/aromatic N) is 5. The molecular formula is C13H15N5. The number of hydrogen-bond donors (Lipinski definition) is 0. The largest absolute Gasteiger partial charge is 0.234 e. The van der Waals surface area contributed by atoms with Crippen molar-refractivity contribution in [1.82, 2.24) is 24.4 Å². The van der Waals surface area contributed by atoms with Crippen molar-refractivity contribution in [2.75, 3.05) is 0 Å². The van der Waals surface area contributed by atoms with Crippen molar-refractivity contribution in [2.45, 2.75) is 27.7 Å². The molecule has 0 saturated heterocycles. The molecular weight excluding hydrogens is 226 g/mol. The highest BCUT2D eigenvalue weighted by Gasteiger charge is 2.10. The van der Waals surface area contributed by atoms with Crippen molar-refractivity contribution in [3.63, 3.8) is 0 Å². The Morgan fingerprint density at radius 3 is 2.22 bits per heavy atom. The molecule has 0 saturated carbocycles. The van der Waals surface area contributed by atoms with Crippen LogP contribution in [0.3, 0.4) is 0 Å². The maximum Gasteiger partial charge on any atom is 0.178 e. The molecule has 0 aliphatic rings. The summed E-state index contributed by atoms with van der Waals surface area (Å²) < 4.78 is 3.69. The third kappa shape index (κ3) is 1.59. The monoisotopic (exact) mass is 241 g/mol. The lowest BCUT2D eigenvalue weighted by Crippen LogP contribution is -2.01. The first kappa shape index (κ1) is 11.0. The highest BCUT2D eigenvalue weighted by Crippen LogP contribution is 2.14. The first-order chi connectivity index (χ1) is 8.54. The van der Waals surface area contributed by atoms with Crippen LogP contribution in [0, 0.1) is 27.7 Å². The van der Waals surface area contributed by atoms with Gasteiger partial charge in [-0.2, -0.15) is 5.10 Å². The first-order valence-electron chi connectivity index (χ1n) is 5.92. The molecule has 0 spiro atoms. The predicted octanol–water partition coefficient (Wildman–Crippen LogP) is 2.15. The summed E-state index contributed by atoms with van der Waals surface area (Å²) in [7, 11) is 0. The molecule has 0 aromatic carbocycles. The Hall–Kier alpha value is -2.17. The highest BCUT2D eigenvalue weighted by atomic mass is 15.4. The maximum atomic E-state index is 4.55. The fourth-order valence-electron chi connectivity index (χ4n) is 2.24. The van der Waals surface area contributed by atoms with Gasteiger partial charge < -0.3 is 0 Å². The van der Waals surface area contributed by atoms with Gasteiger partial charge in [-0.25, -0.2) is 14.2 Å². The lowest BCUT2D eigenvalue weighted by molar-refractivity contribution is 0.774. The van der Waals surface area contributed by atoms with E-state index in [2.05, 4.69) is 15.2 Å². The molecule has 0 fully saturated rings. The van der Waals surface area contributed by atoms with Gasteiger partial charge in [0.2, 0.25) is 0 Å². The van der Waals surface area contributed by atoms with Gasteiger partial charge in [0.05, 0.1) is 5.69 Å². The second kappa shape index (κ2) is 3.66. The van der Waals surface area contributed by atoms with Crippen molar-refractivity contribution >= 4 is 5.65 Å². The number of hydrogen-bond acceptors (Lipinski definition) is 3. The molecule has 0 bridgehead atoms. The SMILES string of the molecule is Cc1cc(C)n2nc(-n3nc(C)cc3C)cc2n1. The van der Waals surface area contributed by atoms with E-state index in [9.17, 15) is 0 Å². The number of aryl methyl sites for hydroxylation is 4. The summed E-state index contributed by atoms with van der Waals surface area (Å²) in [6, 6.07) is 6.01. The van der Waals surface area contributed by atoms with Crippen LogP contribution in [0.2, 0.25) is 0 Å². The van der Waals surface area contributed by atoms with Crippen molar-refractivity contribution in [2.24, 2.45) is 0 Å². The quantitative estimate of drug-likeness (QED) is 0.656. The van der Waals surface area contributed by atoms with Gasteiger partial charge in [-0.3, -0.25) is 0 Å². The zero-order chi connectivity index (χ0) is 12.9. The van der Waals surface area contributed by atoms with Crippen LogP contribution in [-0.4, -0.2) is 24.4 Å². The Morgan fingerprint density at radius 1 is 0.833 bits per heavy atom. The molecule has 0 unspecified atom stereocenters. The van der Waals surface area contributed by atoms with Gasteiger partial charge >= 0.3 is 0 Å². The summed E-state index contributed by atoms with van der Waals surface area (Å²) in [5.74, 6) is 0.807. The summed E-state index contributed by atoms with van der Waals surface area (Å²) in [5, 5.41) is 8.99. The Morgan fingerprint density at radius 2 is 1.56 bits per heavy atom. The molecule has 3 aromatic rings. The lowest BCUT2D eigenvalue weighted by atomic mass is 10.3. The van der Waals surface area contributed by atoms with Crippen LogP contribution in [0.25, 0.3) is 11.5 Å². The van der Waals surface area contributed by atoms with Crippen LogP contribution in [0.4, 0.5) is 0 Å². The Balaban J connectivity index is 2.25. The van der Waals surface area contributed by atoms with Crippen molar-refractivity contribution in [3.8, 4) is 5.82 Å². The molecule has 3 aromatic heterocycles. The number of aromatic nitrogens is 5. The summed E-state index contributed by atoms with van der Waals surface area (Å²) in [6.45, 7) is 8.02. The van der Waals surface area contributed by atoms with E-state index in [1.54, 1.807) is 0 Å². The van der Waals surface area contributed by atoms with Gasteiger partial charge in [-0.1, -0.05) is 0 Å². The number of rotatable bonds is 1. The summed E-state index contributed by atoms with van der Waals surface area (Å²) in [6.07, 6.45) is 0. The van der Waals surface area contributed by atoms with Crippen LogP contribution in [0.1, 0.15) is 22.8 Å². The van der Waals surface area contributed by atoms with Gasteiger partial charge in [-0.05, 0) is 39.8 Å². The third-order valence-electron chi connectivity index (χ3n) is 2.95. The van der Waals surface area contributed by atoms with Crippen LogP contribution in [0.15, 0.2) is 18.2 Å². The molecule has 5 nitrogen and oxygen atoms in total. The van der Waals surface area contributed by atoms with Gasteiger partial charge in [0.25, 0.3) is 0 Å². The van der Waals surface area contributed by atoms with Crippen molar-refractivity contribution in [1.29, 1.82) is 0 Å². The molecule has 18 heavy (non-hydrogen) atoms. The molecule has 0 radical (unpaired) electrons. The van der Waals surface area contributed by atoms with E-state index in [1.165, 1.54) is 0 Å². The van der Waals surface area contributed by atoms with Gasteiger partial charge in [0, 0.05) is 23.1 Å². The van der Waals surface area contributed by atoms with Crippen molar-refractivity contribution in [3.05, 3.63) is 41.0 Å². The van der Waals surface area contributed by atoms with E-state index in [0.717, 1.165) is 34.2 Å². The smallest absolute Gasteiger partial charge is 0.178 e. The summed E-state index contributed by atoms with van der Waals surface area (Å²) in [4.78, 5) is 4.48. The lowest BCUT2D eigenvalue weighted by Gasteiger charge is -1.99. The summed E-state index contributed by atoms with van der Waals surface area (Å²) in [5.41, 5.74) is 5.00. The van der Waals surface area contributed by atoms with E-state index in [1.807, 2.05) is 55.1 Å². The van der Waals surface area contributed by atoms with Gasteiger partial charge in [-0.15, -0.1) is 5.10 Å². The van der Waals surface area contributed by atoms with E-state index >= 15 is 0 Å². The minimum Gasteiger partial charge on any atom is -0.234 e. The predicted molar refractivity (Wildman–Crippen MR) is 69.1 cm³/mol. The second-order valence-corrected chi connectivity index (χ2v) is 4.65. The zero-order valence-electron chi connectivity index (χ0n) is 11.0. The van der Waals surface area contributed by atoms with Gasteiger partial charge in [0.1, 0.15) is 0 Å². The standard InChI is InChI=1S/C13H15N5/c1-8-5-10(3)17-12(14-8)7-13(16-17)18-11(4)6-9(2)15-18/h5-7H,1-4H3.